The largest absolute Gasteiger partial charge is 0.490 e. The van der Waals surface area contributed by atoms with E-state index in [1.807, 2.05) is 12.2 Å². The van der Waals surface area contributed by atoms with Crippen LogP contribution in [0, 0.1) is 5.82 Å². The summed E-state index contributed by atoms with van der Waals surface area (Å²) in [7, 11) is 0. The molecule has 0 aromatic heterocycles. The zero-order chi connectivity index (χ0) is 18.2. The SMILES string of the molecule is CCN1CC=CC=C1OCCOc1ccc(Oc2ccccc2F)cc1. The zero-order valence-electron chi connectivity index (χ0n) is 14.7. The number of halogens is 1. The van der Waals surface area contributed by atoms with E-state index < -0.39 is 5.82 Å². The monoisotopic (exact) mass is 355 g/mol. The highest BCUT2D eigenvalue weighted by Gasteiger charge is 2.09. The summed E-state index contributed by atoms with van der Waals surface area (Å²) in [4.78, 5) is 2.15. The van der Waals surface area contributed by atoms with Crippen LogP contribution in [-0.2, 0) is 4.74 Å². The third-order valence-electron chi connectivity index (χ3n) is 3.88. The van der Waals surface area contributed by atoms with Gasteiger partial charge in [-0.2, -0.15) is 0 Å². The molecule has 26 heavy (non-hydrogen) atoms. The van der Waals surface area contributed by atoms with Crippen molar-refractivity contribution in [2.75, 3.05) is 26.3 Å². The van der Waals surface area contributed by atoms with Gasteiger partial charge in [-0.15, -0.1) is 0 Å². The predicted octanol–water partition coefficient (Wildman–Crippen LogP) is 4.75. The Balaban J connectivity index is 1.45. The lowest BCUT2D eigenvalue weighted by atomic mass is 10.3. The van der Waals surface area contributed by atoms with Crippen LogP contribution in [0.2, 0.25) is 0 Å². The maximum Gasteiger partial charge on any atom is 0.189 e. The highest BCUT2D eigenvalue weighted by molar-refractivity contribution is 5.35. The quantitative estimate of drug-likeness (QED) is 0.640. The van der Waals surface area contributed by atoms with Crippen LogP contribution in [0.1, 0.15) is 6.92 Å². The first-order valence-corrected chi connectivity index (χ1v) is 8.66. The summed E-state index contributed by atoms with van der Waals surface area (Å²) >= 11 is 0. The van der Waals surface area contributed by atoms with Gasteiger partial charge >= 0.3 is 0 Å². The Hall–Kier alpha value is -2.95. The summed E-state index contributed by atoms with van der Waals surface area (Å²) < 4.78 is 30.6. The predicted molar refractivity (Wildman–Crippen MR) is 98.8 cm³/mol. The third kappa shape index (κ3) is 4.79. The van der Waals surface area contributed by atoms with E-state index in [0.29, 0.717) is 24.7 Å². The van der Waals surface area contributed by atoms with E-state index in [4.69, 9.17) is 14.2 Å². The summed E-state index contributed by atoms with van der Waals surface area (Å²) in [6.45, 7) is 4.76. The molecule has 0 fully saturated rings. The average Bonchev–Trinajstić information content (AvgIpc) is 2.68. The molecule has 0 bridgehead atoms. The summed E-state index contributed by atoms with van der Waals surface area (Å²) in [6, 6.07) is 13.4. The molecule has 136 valence electrons. The molecule has 0 N–H and O–H groups in total. The van der Waals surface area contributed by atoms with Gasteiger partial charge in [-0.3, -0.25) is 0 Å². The van der Waals surface area contributed by atoms with Crippen molar-refractivity contribution in [2.24, 2.45) is 0 Å². The molecule has 4 nitrogen and oxygen atoms in total. The minimum absolute atomic E-state index is 0.199. The van der Waals surface area contributed by atoms with Gasteiger partial charge in [0.2, 0.25) is 0 Å². The molecule has 0 saturated heterocycles. The summed E-state index contributed by atoms with van der Waals surface area (Å²) in [5.41, 5.74) is 0. The van der Waals surface area contributed by atoms with Gasteiger partial charge < -0.3 is 19.1 Å². The second kappa shape index (κ2) is 8.94. The number of nitrogens with zero attached hydrogens (tertiary/aromatic N) is 1. The van der Waals surface area contributed by atoms with Crippen LogP contribution in [0.3, 0.4) is 0 Å². The molecule has 3 rings (SSSR count). The molecule has 5 heteroatoms. The molecule has 0 radical (unpaired) electrons. The van der Waals surface area contributed by atoms with Crippen LogP contribution < -0.4 is 9.47 Å². The Morgan fingerprint density at radius 1 is 0.962 bits per heavy atom. The molecule has 2 aromatic rings. The zero-order valence-corrected chi connectivity index (χ0v) is 14.7. The number of likely N-dealkylation sites (N-methyl/N-ethyl adjacent to an activating group) is 1. The summed E-state index contributed by atoms with van der Waals surface area (Å²) in [5, 5.41) is 0. The fourth-order valence-electron chi connectivity index (χ4n) is 2.52. The lowest BCUT2D eigenvalue weighted by Crippen LogP contribution is -2.27. The molecule has 0 atom stereocenters. The molecular weight excluding hydrogens is 333 g/mol. The molecule has 0 amide bonds. The Morgan fingerprint density at radius 3 is 2.46 bits per heavy atom. The van der Waals surface area contributed by atoms with E-state index in [1.54, 1.807) is 42.5 Å². The van der Waals surface area contributed by atoms with Crippen LogP contribution in [0.25, 0.3) is 0 Å². The van der Waals surface area contributed by atoms with Crippen LogP contribution in [0.4, 0.5) is 4.39 Å². The number of benzene rings is 2. The van der Waals surface area contributed by atoms with E-state index in [-0.39, 0.29) is 5.75 Å². The topological polar surface area (TPSA) is 30.9 Å². The van der Waals surface area contributed by atoms with E-state index in [9.17, 15) is 4.39 Å². The molecule has 0 saturated carbocycles. The summed E-state index contributed by atoms with van der Waals surface area (Å²) in [6.07, 6.45) is 6.05. The minimum Gasteiger partial charge on any atom is -0.490 e. The van der Waals surface area contributed by atoms with Crippen molar-refractivity contribution in [3.63, 3.8) is 0 Å². The number of allylic oxidation sites excluding steroid dienone is 2. The first kappa shape index (κ1) is 17.9. The molecule has 2 aromatic carbocycles. The maximum atomic E-state index is 13.6. The van der Waals surface area contributed by atoms with E-state index in [2.05, 4.69) is 17.9 Å². The highest BCUT2D eigenvalue weighted by Crippen LogP contribution is 2.25. The van der Waals surface area contributed by atoms with E-state index in [1.165, 1.54) is 6.07 Å². The lowest BCUT2D eigenvalue weighted by molar-refractivity contribution is 0.0944. The standard InChI is InChI=1S/C21H22FNO3/c1-2-23-14-6-5-9-21(23)25-16-15-24-17-10-12-18(13-11-17)26-20-8-4-3-7-19(20)22/h3-13H,2,14-16H2,1H3. The Labute approximate surface area is 153 Å². The number of hydrogen-bond donors (Lipinski definition) is 0. The van der Waals surface area contributed by atoms with Gasteiger partial charge in [-0.25, -0.2) is 4.39 Å². The van der Waals surface area contributed by atoms with Crippen molar-refractivity contribution in [3.8, 4) is 17.2 Å². The first-order valence-electron chi connectivity index (χ1n) is 8.66. The Morgan fingerprint density at radius 2 is 1.69 bits per heavy atom. The van der Waals surface area contributed by atoms with Gasteiger partial charge in [0.1, 0.15) is 24.7 Å². The highest BCUT2D eigenvalue weighted by atomic mass is 19.1. The van der Waals surface area contributed by atoms with E-state index >= 15 is 0 Å². The van der Waals surface area contributed by atoms with Gasteiger partial charge in [0.15, 0.2) is 17.4 Å². The van der Waals surface area contributed by atoms with Crippen molar-refractivity contribution in [3.05, 3.63) is 78.5 Å². The van der Waals surface area contributed by atoms with Crippen molar-refractivity contribution < 1.29 is 18.6 Å². The maximum absolute atomic E-state index is 13.6. The molecule has 0 spiro atoms. The third-order valence-corrected chi connectivity index (χ3v) is 3.88. The van der Waals surface area contributed by atoms with E-state index in [0.717, 1.165) is 19.0 Å². The van der Waals surface area contributed by atoms with Crippen LogP contribution in [0.5, 0.6) is 17.2 Å². The molecular formula is C21H22FNO3. The Kier molecular flexibility index (Phi) is 6.14. The Bertz CT molecular complexity index is 771. The van der Waals surface area contributed by atoms with Gasteiger partial charge in [0.05, 0.1) is 0 Å². The van der Waals surface area contributed by atoms with Crippen molar-refractivity contribution in [2.45, 2.75) is 6.92 Å². The lowest BCUT2D eigenvalue weighted by Gasteiger charge is -2.26. The van der Waals surface area contributed by atoms with Crippen LogP contribution >= 0.6 is 0 Å². The smallest absolute Gasteiger partial charge is 0.189 e. The fourth-order valence-corrected chi connectivity index (χ4v) is 2.52. The molecule has 0 unspecified atom stereocenters. The molecule has 1 aliphatic heterocycles. The van der Waals surface area contributed by atoms with Crippen LogP contribution in [0.15, 0.2) is 72.6 Å². The van der Waals surface area contributed by atoms with Crippen LogP contribution in [-0.4, -0.2) is 31.2 Å². The first-order chi connectivity index (χ1) is 12.8. The second-order valence-electron chi connectivity index (χ2n) is 5.67. The number of para-hydroxylation sites is 1. The number of rotatable bonds is 8. The van der Waals surface area contributed by atoms with Crippen molar-refractivity contribution in [1.29, 1.82) is 0 Å². The molecule has 0 aliphatic carbocycles. The van der Waals surface area contributed by atoms with Gasteiger partial charge in [0.25, 0.3) is 0 Å². The normalized spacial score (nSPS) is 13.3. The molecule has 1 heterocycles. The van der Waals surface area contributed by atoms with Gasteiger partial charge in [-0.1, -0.05) is 24.3 Å². The van der Waals surface area contributed by atoms with Gasteiger partial charge in [-0.05, 0) is 49.4 Å². The average molecular weight is 355 g/mol. The van der Waals surface area contributed by atoms with Gasteiger partial charge in [0, 0.05) is 13.1 Å². The van der Waals surface area contributed by atoms with Crippen molar-refractivity contribution in [1.82, 2.24) is 4.90 Å². The molecule has 1 aliphatic rings. The van der Waals surface area contributed by atoms with Crippen molar-refractivity contribution >= 4 is 0 Å². The fraction of sp³-hybridized carbons (Fsp3) is 0.238. The number of hydrogen-bond acceptors (Lipinski definition) is 4. The minimum atomic E-state index is -0.391. The second-order valence-corrected chi connectivity index (χ2v) is 5.67. The summed E-state index contributed by atoms with van der Waals surface area (Å²) in [5.74, 6) is 1.94. The number of ether oxygens (including phenoxy) is 3.